The van der Waals surface area contributed by atoms with E-state index in [0.29, 0.717) is 19.2 Å². The molecule has 1 fully saturated rings. The fourth-order valence-corrected chi connectivity index (χ4v) is 2.42. The summed E-state index contributed by atoms with van der Waals surface area (Å²) < 4.78 is 5.45. The zero-order valence-electron chi connectivity index (χ0n) is 10.3. The lowest BCUT2D eigenvalue weighted by Gasteiger charge is -2.16. The molecule has 96 valence electrons. The Kier molecular flexibility index (Phi) is 4.98. The number of rotatable bonds is 8. The highest BCUT2D eigenvalue weighted by molar-refractivity contribution is 7.10. The zero-order valence-corrected chi connectivity index (χ0v) is 11.1. The second-order valence-electron chi connectivity index (χ2n) is 4.78. The Morgan fingerprint density at radius 2 is 2.41 bits per heavy atom. The van der Waals surface area contributed by atoms with Gasteiger partial charge in [-0.1, -0.05) is 6.07 Å². The third-order valence-corrected chi connectivity index (χ3v) is 4.05. The number of thiophene rings is 1. The van der Waals surface area contributed by atoms with Crippen LogP contribution < -0.4 is 5.32 Å². The van der Waals surface area contributed by atoms with E-state index in [1.54, 1.807) is 11.3 Å². The van der Waals surface area contributed by atoms with Crippen LogP contribution in [0.2, 0.25) is 0 Å². The van der Waals surface area contributed by atoms with Crippen LogP contribution in [0.5, 0.6) is 0 Å². The minimum absolute atomic E-state index is 0.299. The van der Waals surface area contributed by atoms with Crippen molar-refractivity contribution in [2.24, 2.45) is 5.92 Å². The third kappa shape index (κ3) is 4.76. The van der Waals surface area contributed by atoms with Gasteiger partial charge in [0.2, 0.25) is 0 Å². The van der Waals surface area contributed by atoms with Crippen LogP contribution in [0, 0.1) is 5.92 Å². The van der Waals surface area contributed by atoms with Crippen molar-refractivity contribution in [2.75, 3.05) is 19.8 Å². The Hall–Kier alpha value is -0.420. The molecule has 1 aromatic rings. The van der Waals surface area contributed by atoms with Gasteiger partial charge in [0.1, 0.15) is 0 Å². The largest absolute Gasteiger partial charge is 0.389 e. The van der Waals surface area contributed by atoms with E-state index in [9.17, 15) is 5.11 Å². The van der Waals surface area contributed by atoms with Gasteiger partial charge >= 0.3 is 0 Å². The van der Waals surface area contributed by atoms with Crippen molar-refractivity contribution in [1.29, 1.82) is 0 Å². The Morgan fingerprint density at radius 3 is 3.06 bits per heavy atom. The molecule has 4 heteroatoms. The molecule has 2 rings (SSSR count). The molecule has 0 aromatic carbocycles. The standard InChI is InChI=1S/C13H21NO2S/c1-10(13-3-2-6-17-13)14-7-12(15)9-16-8-11-4-5-11/h2-3,6,10-12,14-15H,4-5,7-9H2,1H3/t10-,12?/m0/s1. The van der Waals surface area contributed by atoms with E-state index in [1.165, 1.54) is 17.7 Å². The van der Waals surface area contributed by atoms with E-state index in [-0.39, 0.29) is 0 Å². The quantitative estimate of drug-likeness (QED) is 0.748. The highest BCUT2D eigenvalue weighted by atomic mass is 32.1. The minimum Gasteiger partial charge on any atom is -0.389 e. The summed E-state index contributed by atoms with van der Waals surface area (Å²) in [6.07, 6.45) is 2.18. The summed E-state index contributed by atoms with van der Waals surface area (Å²) in [6, 6.07) is 4.46. The van der Waals surface area contributed by atoms with Gasteiger partial charge in [-0.05, 0) is 37.1 Å². The summed E-state index contributed by atoms with van der Waals surface area (Å²) in [6.45, 7) is 3.96. The van der Waals surface area contributed by atoms with Gasteiger partial charge in [-0.2, -0.15) is 0 Å². The topological polar surface area (TPSA) is 41.5 Å². The fourth-order valence-electron chi connectivity index (χ4n) is 1.67. The average Bonchev–Trinajstić information content (AvgIpc) is 2.97. The molecule has 0 spiro atoms. The highest BCUT2D eigenvalue weighted by Gasteiger charge is 2.21. The van der Waals surface area contributed by atoms with Crippen LogP contribution in [0.1, 0.15) is 30.7 Å². The molecular formula is C13H21NO2S. The van der Waals surface area contributed by atoms with E-state index in [1.807, 2.05) is 6.07 Å². The molecule has 1 heterocycles. The lowest BCUT2D eigenvalue weighted by atomic mass is 10.2. The molecule has 2 atom stereocenters. The number of aliphatic hydroxyl groups excluding tert-OH is 1. The molecule has 3 nitrogen and oxygen atoms in total. The molecular weight excluding hydrogens is 234 g/mol. The van der Waals surface area contributed by atoms with Crippen molar-refractivity contribution in [3.05, 3.63) is 22.4 Å². The maximum atomic E-state index is 9.74. The number of nitrogens with one attached hydrogen (secondary N) is 1. The summed E-state index contributed by atoms with van der Waals surface area (Å²) in [7, 11) is 0. The van der Waals surface area contributed by atoms with E-state index in [0.717, 1.165) is 12.5 Å². The molecule has 0 radical (unpaired) electrons. The van der Waals surface area contributed by atoms with Crippen molar-refractivity contribution in [1.82, 2.24) is 5.32 Å². The number of ether oxygens (including phenoxy) is 1. The van der Waals surface area contributed by atoms with Crippen LogP contribution in [0.4, 0.5) is 0 Å². The SMILES string of the molecule is C[C@H](NCC(O)COCC1CC1)c1cccs1. The summed E-state index contributed by atoms with van der Waals surface area (Å²) in [4.78, 5) is 1.30. The van der Waals surface area contributed by atoms with E-state index in [4.69, 9.17) is 4.74 Å². The van der Waals surface area contributed by atoms with Gasteiger partial charge in [0.25, 0.3) is 0 Å². The molecule has 0 bridgehead atoms. The van der Waals surface area contributed by atoms with Gasteiger partial charge in [-0.3, -0.25) is 0 Å². The second-order valence-corrected chi connectivity index (χ2v) is 5.76. The van der Waals surface area contributed by atoms with Crippen LogP contribution >= 0.6 is 11.3 Å². The van der Waals surface area contributed by atoms with Gasteiger partial charge in [-0.15, -0.1) is 11.3 Å². The summed E-state index contributed by atoms with van der Waals surface area (Å²) in [5, 5.41) is 15.1. The Balaban J connectivity index is 1.56. The van der Waals surface area contributed by atoms with Crippen LogP contribution in [0.15, 0.2) is 17.5 Å². The predicted octanol–water partition coefficient (Wildman–Crippen LogP) is 2.19. The van der Waals surface area contributed by atoms with E-state index in [2.05, 4.69) is 23.7 Å². The van der Waals surface area contributed by atoms with Crippen molar-refractivity contribution in [3.63, 3.8) is 0 Å². The maximum absolute atomic E-state index is 9.74. The molecule has 0 aliphatic heterocycles. The first-order chi connectivity index (χ1) is 8.25. The van der Waals surface area contributed by atoms with Gasteiger partial charge in [-0.25, -0.2) is 0 Å². The molecule has 0 amide bonds. The Labute approximate surface area is 107 Å². The van der Waals surface area contributed by atoms with Crippen LogP contribution in [0.25, 0.3) is 0 Å². The summed E-state index contributed by atoms with van der Waals surface area (Å²) in [5.41, 5.74) is 0. The van der Waals surface area contributed by atoms with Crippen LogP contribution in [-0.4, -0.2) is 31.0 Å². The summed E-state index contributed by atoms with van der Waals surface area (Å²) >= 11 is 1.74. The Morgan fingerprint density at radius 1 is 1.59 bits per heavy atom. The maximum Gasteiger partial charge on any atom is 0.0897 e. The zero-order chi connectivity index (χ0) is 12.1. The fraction of sp³-hybridized carbons (Fsp3) is 0.692. The van der Waals surface area contributed by atoms with Gasteiger partial charge in [0, 0.05) is 24.1 Å². The normalized spacial score (nSPS) is 19.2. The average molecular weight is 255 g/mol. The van der Waals surface area contributed by atoms with Crippen LogP contribution in [0.3, 0.4) is 0 Å². The number of aliphatic hydroxyl groups is 1. The molecule has 2 N–H and O–H groups in total. The van der Waals surface area contributed by atoms with Crippen molar-refractivity contribution in [2.45, 2.75) is 31.9 Å². The molecule has 1 saturated carbocycles. The summed E-state index contributed by atoms with van der Waals surface area (Å²) in [5.74, 6) is 0.764. The first kappa shape index (κ1) is 13.0. The molecule has 1 aliphatic carbocycles. The second kappa shape index (κ2) is 6.50. The third-order valence-electron chi connectivity index (χ3n) is 2.99. The van der Waals surface area contributed by atoms with Crippen molar-refractivity contribution in [3.8, 4) is 0 Å². The smallest absolute Gasteiger partial charge is 0.0897 e. The monoisotopic (exact) mass is 255 g/mol. The molecule has 0 saturated heterocycles. The molecule has 17 heavy (non-hydrogen) atoms. The van der Waals surface area contributed by atoms with Gasteiger partial charge in [0.15, 0.2) is 0 Å². The number of hydrogen-bond donors (Lipinski definition) is 2. The lowest BCUT2D eigenvalue weighted by Crippen LogP contribution is -2.32. The predicted molar refractivity (Wildman–Crippen MR) is 70.3 cm³/mol. The van der Waals surface area contributed by atoms with E-state index < -0.39 is 6.10 Å². The van der Waals surface area contributed by atoms with Gasteiger partial charge < -0.3 is 15.2 Å². The molecule has 1 unspecified atom stereocenters. The van der Waals surface area contributed by atoms with Gasteiger partial charge in [0.05, 0.1) is 12.7 Å². The number of hydrogen-bond acceptors (Lipinski definition) is 4. The lowest BCUT2D eigenvalue weighted by molar-refractivity contribution is 0.0315. The highest BCUT2D eigenvalue weighted by Crippen LogP contribution is 2.28. The first-order valence-corrected chi connectivity index (χ1v) is 7.16. The Bertz CT molecular complexity index is 311. The molecule has 1 aromatic heterocycles. The van der Waals surface area contributed by atoms with Crippen LogP contribution in [-0.2, 0) is 4.74 Å². The van der Waals surface area contributed by atoms with E-state index >= 15 is 0 Å². The minimum atomic E-state index is -0.406. The van der Waals surface area contributed by atoms with Crippen molar-refractivity contribution >= 4 is 11.3 Å². The molecule has 1 aliphatic rings. The van der Waals surface area contributed by atoms with Crippen molar-refractivity contribution < 1.29 is 9.84 Å². The first-order valence-electron chi connectivity index (χ1n) is 6.28.